The van der Waals surface area contributed by atoms with E-state index in [1.165, 1.54) is 10.9 Å². The predicted molar refractivity (Wildman–Crippen MR) is 67.0 cm³/mol. The summed E-state index contributed by atoms with van der Waals surface area (Å²) in [5.41, 5.74) is 1.40. The van der Waals surface area contributed by atoms with Crippen LogP contribution >= 0.6 is 0 Å². The average molecular weight is 262 g/mol. The normalized spacial score (nSPS) is 16.6. The van der Waals surface area contributed by atoms with Gasteiger partial charge in [0.25, 0.3) is 10.0 Å². The van der Waals surface area contributed by atoms with Crippen molar-refractivity contribution in [3.8, 4) is 0 Å². The molecule has 3 rings (SSSR count). The molecule has 0 saturated carbocycles. The highest BCUT2D eigenvalue weighted by Gasteiger charge is 2.25. The van der Waals surface area contributed by atoms with E-state index in [9.17, 15) is 8.42 Å². The highest BCUT2D eigenvalue weighted by atomic mass is 32.2. The number of fused-ring (bicyclic) bond motifs is 1. The van der Waals surface area contributed by atoms with Gasteiger partial charge < -0.3 is 5.32 Å². The van der Waals surface area contributed by atoms with Crippen molar-refractivity contribution >= 4 is 21.7 Å². The zero-order valence-electron chi connectivity index (χ0n) is 9.53. The monoisotopic (exact) mass is 262 g/mol. The molecule has 7 heteroatoms. The number of hydrogen-bond acceptors (Lipinski definition) is 4. The summed E-state index contributed by atoms with van der Waals surface area (Å²) in [6.45, 7) is 1.84. The predicted octanol–water partition coefficient (Wildman–Crippen LogP) is 1.21. The number of nitrogens with one attached hydrogen (secondary N) is 1. The standard InChI is InChI=1S/C11H10N4O2S/c1-8-2-3-9-10(6-8)18(16,17)14-11(13-9)15-5-4-12-7-15/h2-7H,1H3,(H,13,14). The molecule has 0 aliphatic carbocycles. The molecule has 1 aromatic carbocycles. The molecule has 0 amide bonds. The van der Waals surface area contributed by atoms with Crippen LogP contribution < -0.4 is 5.32 Å². The van der Waals surface area contributed by atoms with Crippen LogP contribution in [0.15, 0.2) is 46.2 Å². The van der Waals surface area contributed by atoms with Gasteiger partial charge in [0.15, 0.2) is 0 Å². The summed E-state index contributed by atoms with van der Waals surface area (Å²) in [6.07, 6.45) is 4.67. The zero-order valence-corrected chi connectivity index (χ0v) is 10.3. The van der Waals surface area contributed by atoms with Crippen molar-refractivity contribution in [2.75, 3.05) is 5.32 Å². The summed E-state index contributed by atoms with van der Waals surface area (Å²) in [6, 6.07) is 5.18. The average Bonchev–Trinajstić information content (AvgIpc) is 2.83. The number of aryl methyl sites for hydroxylation is 1. The summed E-state index contributed by atoms with van der Waals surface area (Å²) >= 11 is 0. The minimum atomic E-state index is -3.66. The van der Waals surface area contributed by atoms with E-state index in [1.807, 2.05) is 13.0 Å². The van der Waals surface area contributed by atoms with Gasteiger partial charge in [-0.25, -0.2) is 4.98 Å². The first-order chi connectivity index (χ1) is 8.56. The molecule has 0 saturated heterocycles. The van der Waals surface area contributed by atoms with Crippen LogP contribution in [0.5, 0.6) is 0 Å². The molecule has 0 atom stereocenters. The van der Waals surface area contributed by atoms with E-state index in [0.29, 0.717) is 5.69 Å². The van der Waals surface area contributed by atoms with Crippen molar-refractivity contribution in [3.63, 3.8) is 0 Å². The lowest BCUT2D eigenvalue weighted by molar-refractivity contribution is 0.597. The maximum Gasteiger partial charge on any atom is 0.287 e. The van der Waals surface area contributed by atoms with Gasteiger partial charge in [-0.3, -0.25) is 4.57 Å². The maximum atomic E-state index is 12.1. The Labute approximate surface area is 104 Å². The van der Waals surface area contributed by atoms with Crippen LogP contribution in [0.3, 0.4) is 0 Å². The third kappa shape index (κ3) is 1.68. The molecule has 0 radical (unpaired) electrons. The Morgan fingerprint density at radius 2 is 2.17 bits per heavy atom. The smallest absolute Gasteiger partial charge is 0.287 e. The number of nitrogens with zero attached hydrogens (tertiary/aromatic N) is 3. The number of sulfonamides is 1. The fourth-order valence-electron chi connectivity index (χ4n) is 1.75. The van der Waals surface area contributed by atoms with Crippen LogP contribution in [0.4, 0.5) is 5.69 Å². The van der Waals surface area contributed by atoms with Gasteiger partial charge in [0.2, 0.25) is 5.96 Å². The molecule has 0 unspecified atom stereocenters. The second kappa shape index (κ2) is 3.67. The summed E-state index contributed by atoms with van der Waals surface area (Å²) in [7, 11) is -3.66. The summed E-state index contributed by atoms with van der Waals surface area (Å²) in [5, 5.41) is 2.98. The SMILES string of the molecule is Cc1ccc2c(c1)S(=O)(=O)N=C(n1ccnc1)N2. The summed E-state index contributed by atoms with van der Waals surface area (Å²) < 4.78 is 29.4. The molecule has 1 aliphatic heterocycles. The fourth-order valence-corrected chi connectivity index (χ4v) is 2.95. The molecule has 18 heavy (non-hydrogen) atoms. The first-order valence-electron chi connectivity index (χ1n) is 5.27. The molecule has 1 aromatic heterocycles. The second-order valence-corrected chi connectivity index (χ2v) is 5.56. The fraction of sp³-hybridized carbons (Fsp3) is 0.0909. The van der Waals surface area contributed by atoms with E-state index in [1.54, 1.807) is 24.5 Å². The molecule has 92 valence electrons. The number of anilines is 1. The Bertz CT molecular complexity index is 732. The number of aromatic nitrogens is 2. The van der Waals surface area contributed by atoms with E-state index in [0.717, 1.165) is 5.56 Å². The van der Waals surface area contributed by atoms with E-state index in [-0.39, 0.29) is 10.9 Å². The Kier molecular flexibility index (Phi) is 2.24. The third-order valence-corrected chi connectivity index (χ3v) is 3.92. The molecule has 1 N–H and O–H groups in total. The number of hydrogen-bond donors (Lipinski definition) is 1. The second-order valence-electron chi connectivity index (χ2n) is 3.98. The van der Waals surface area contributed by atoms with Gasteiger partial charge in [-0.2, -0.15) is 8.42 Å². The summed E-state index contributed by atoms with van der Waals surface area (Å²) in [4.78, 5) is 4.06. The van der Waals surface area contributed by atoms with Gasteiger partial charge in [-0.1, -0.05) is 6.07 Å². The lowest BCUT2D eigenvalue weighted by Crippen LogP contribution is -2.27. The van der Waals surface area contributed by atoms with Crippen molar-refractivity contribution < 1.29 is 8.42 Å². The minimum Gasteiger partial charge on any atom is -0.323 e. The number of benzene rings is 1. The molecule has 1 aliphatic rings. The lowest BCUT2D eigenvalue weighted by Gasteiger charge is -2.18. The molecule has 2 heterocycles. The van der Waals surface area contributed by atoms with Gasteiger partial charge >= 0.3 is 0 Å². The van der Waals surface area contributed by atoms with Crippen LogP contribution in [-0.2, 0) is 10.0 Å². The van der Waals surface area contributed by atoms with E-state index in [4.69, 9.17) is 0 Å². The van der Waals surface area contributed by atoms with Crippen LogP contribution in [0.1, 0.15) is 5.56 Å². The van der Waals surface area contributed by atoms with Gasteiger partial charge in [0.1, 0.15) is 11.2 Å². The van der Waals surface area contributed by atoms with Crippen LogP contribution in [-0.4, -0.2) is 23.9 Å². The van der Waals surface area contributed by atoms with Gasteiger partial charge in [-0.05, 0) is 24.6 Å². The lowest BCUT2D eigenvalue weighted by atomic mass is 10.2. The first-order valence-corrected chi connectivity index (χ1v) is 6.71. The van der Waals surface area contributed by atoms with E-state index >= 15 is 0 Å². The Morgan fingerprint density at radius 3 is 2.89 bits per heavy atom. The molecule has 0 fully saturated rings. The Hall–Kier alpha value is -2.15. The largest absolute Gasteiger partial charge is 0.323 e. The molecule has 0 bridgehead atoms. The molecule has 6 nitrogen and oxygen atoms in total. The topological polar surface area (TPSA) is 76.3 Å². The number of imidazole rings is 1. The quantitative estimate of drug-likeness (QED) is 0.774. The minimum absolute atomic E-state index is 0.200. The highest BCUT2D eigenvalue weighted by Crippen LogP contribution is 2.28. The third-order valence-electron chi connectivity index (χ3n) is 2.62. The molecular formula is C11H10N4O2S. The molecule has 0 spiro atoms. The van der Waals surface area contributed by atoms with Crippen molar-refractivity contribution in [3.05, 3.63) is 42.5 Å². The zero-order chi connectivity index (χ0) is 12.8. The van der Waals surface area contributed by atoms with E-state index in [2.05, 4.69) is 14.7 Å². The van der Waals surface area contributed by atoms with Crippen LogP contribution in [0.2, 0.25) is 0 Å². The molecule has 2 aromatic rings. The Balaban J connectivity index is 2.18. The highest BCUT2D eigenvalue weighted by molar-refractivity contribution is 7.90. The number of rotatable bonds is 0. The van der Waals surface area contributed by atoms with Gasteiger partial charge in [0, 0.05) is 12.4 Å². The van der Waals surface area contributed by atoms with Gasteiger partial charge in [0.05, 0.1) is 5.69 Å². The Morgan fingerprint density at radius 1 is 1.33 bits per heavy atom. The molecular weight excluding hydrogens is 252 g/mol. The summed E-state index contributed by atoms with van der Waals surface area (Å²) in [5.74, 6) is 0.226. The van der Waals surface area contributed by atoms with Crippen molar-refractivity contribution in [1.82, 2.24) is 9.55 Å². The van der Waals surface area contributed by atoms with Crippen molar-refractivity contribution in [2.24, 2.45) is 4.40 Å². The van der Waals surface area contributed by atoms with E-state index < -0.39 is 10.0 Å². The van der Waals surface area contributed by atoms with Gasteiger partial charge in [-0.15, -0.1) is 4.40 Å². The van der Waals surface area contributed by atoms with Crippen molar-refractivity contribution in [1.29, 1.82) is 0 Å². The first kappa shape index (κ1) is 11.0. The van der Waals surface area contributed by atoms with Crippen LogP contribution in [0, 0.1) is 6.92 Å². The van der Waals surface area contributed by atoms with Crippen LogP contribution in [0.25, 0.3) is 0 Å². The van der Waals surface area contributed by atoms with Crippen molar-refractivity contribution in [2.45, 2.75) is 11.8 Å². The maximum absolute atomic E-state index is 12.1.